The van der Waals surface area contributed by atoms with Gasteiger partial charge in [0.1, 0.15) is 5.69 Å². The summed E-state index contributed by atoms with van der Waals surface area (Å²) in [5.41, 5.74) is -1.52. The first kappa shape index (κ1) is 13.2. The third-order valence-corrected chi connectivity index (χ3v) is 2.53. The molecule has 0 atom stereocenters. The summed E-state index contributed by atoms with van der Waals surface area (Å²) in [4.78, 5) is 14.1. The van der Waals surface area contributed by atoms with Gasteiger partial charge in [0, 0.05) is 5.56 Å². The minimum Gasteiger partial charge on any atom is -0.296 e. The van der Waals surface area contributed by atoms with Crippen molar-refractivity contribution in [2.24, 2.45) is 0 Å². The third-order valence-electron chi connectivity index (χ3n) is 2.53. The summed E-state index contributed by atoms with van der Waals surface area (Å²) in [6.45, 7) is 0. The maximum absolute atomic E-state index is 12.9. The van der Waals surface area contributed by atoms with Gasteiger partial charge < -0.3 is 0 Å². The normalized spacial score (nSPS) is 11.4. The molecule has 2 rings (SSSR count). The van der Waals surface area contributed by atoms with Gasteiger partial charge in [0.2, 0.25) is 5.95 Å². The van der Waals surface area contributed by atoms with Gasteiger partial charge in [-0.1, -0.05) is 18.2 Å². The molecule has 0 aliphatic rings. The molecule has 0 radical (unpaired) electrons. The molecule has 0 unspecified atom stereocenters. The topological polar surface area (TPSA) is 30.0 Å². The maximum Gasteiger partial charge on any atom is 0.417 e. The van der Waals surface area contributed by atoms with Gasteiger partial charge in [0.15, 0.2) is 6.29 Å². The molecule has 0 amide bonds. The van der Waals surface area contributed by atoms with Crippen LogP contribution in [0.15, 0.2) is 36.4 Å². The Morgan fingerprint density at radius 3 is 2.32 bits per heavy atom. The molecule has 0 aliphatic carbocycles. The Morgan fingerprint density at radius 2 is 1.68 bits per heavy atom. The largest absolute Gasteiger partial charge is 0.417 e. The first-order chi connectivity index (χ1) is 8.93. The molecule has 0 saturated heterocycles. The average molecular weight is 269 g/mol. The van der Waals surface area contributed by atoms with E-state index >= 15 is 0 Å². The SMILES string of the molecule is O=Cc1nc(F)ccc1-c1ccccc1C(F)(F)F. The number of carbonyl (C=O) groups is 1. The van der Waals surface area contributed by atoms with E-state index in [9.17, 15) is 22.4 Å². The molecule has 0 saturated carbocycles. The maximum atomic E-state index is 12.9. The molecule has 6 heteroatoms. The Hall–Kier alpha value is -2.24. The number of halogens is 4. The monoisotopic (exact) mass is 269 g/mol. The summed E-state index contributed by atoms with van der Waals surface area (Å²) in [5, 5.41) is 0. The number of alkyl halides is 3. The summed E-state index contributed by atoms with van der Waals surface area (Å²) in [5.74, 6) is -0.921. The number of pyridine rings is 1. The number of nitrogens with zero attached hydrogens (tertiary/aromatic N) is 1. The first-order valence-electron chi connectivity index (χ1n) is 5.22. The highest BCUT2D eigenvalue weighted by Gasteiger charge is 2.33. The number of hydrogen-bond donors (Lipinski definition) is 0. The molecule has 1 aromatic heterocycles. The second-order valence-electron chi connectivity index (χ2n) is 3.73. The van der Waals surface area contributed by atoms with E-state index in [1.54, 1.807) is 0 Å². The number of benzene rings is 1. The van der Waals surface area contributed by atoms with Gasteiger partial charge >= 0.3 is 6.18 Å². The van der Waals surface area contributed by atoms with Crippen molar-refractivity contribution in [1.29, 1.82) is 0 Å². The summed E-state index contributed by atoms with van der Waals surface area (Å²) >= 11 is 0. The van der Waals surface area contributed by atoms with Crippen LogP contribution in [0, 0.1) is 5.95 Å². The van der Waals surface area contributed by atoms with Crippen LogP contribution in [0.5, 0.6) is 0 Å². The lowest BCUT2D eigenvalue weighted by Gasteiger charge is -2.13. The molecule has 0 N–H and O–H groups in total. The van der Waals surface area contributed by atoms with Crippen LogP contribution >= 0.6 is 0 Å². The molecule has 0 fully saturated rings. The lowest BCUT2D eigenvalue weighted by Crippen LogP contribution is -2.08. The van der Waals surface area contributed by atoms with Gasteiger partial charge in [0.25, 0.3) is 0 Å². The van der Waals surface area contributed by atoms with Gasteiger partial charge in [-0.05, 0) is 23.8 Å². The van der Waals surface area contributed by atoms with Crippen LogP contribution in [-0.2, 0) is 6.18 Å². The van der Waals surface area contributed by atoms with Crippen LogP contribution in [-0.4, -0.2) is 11.3 Å². The standard InChI is InChI=1S/C13H7F4NO/c14-12-6-5-9(11(7-19)18-12)8-3-1-2-4-10(8)13(15,16)17/h1-7H. The third kappa shape index (κ3) is 2.62. The molecule has 0 bridgehead atoms. The number of hydrogen-bond acceptors (Lipinski definition) is 2. The molecule has 1 aromatic carbocycles. The number of carbonyl (C=O) groups excluding carboxylic acids is 1. The van der Waals surface area contributed by atoms with Crippen molar-refractivity contribution in [3.8, 4) is 11.1 Å². The minimum absolute atomic E-state index is 0.0516. The Bertz CT molecular complexity index is 622. The smallest absolute Gasteiger partial charge is 0.296 e. The van der Waals surface area contributed by atoms with Crippen LogP contribution in [0.25, 0.3) is 11.1 Å². The fourth-order valence-electron chi connectivity index (χ4n) is 1.73. The zero-order valence-electron chi connectivity index (χ0n) is 9.41. The highest BCUT2D eigenvalue weighted by atomic mass is 19.4. The second kappa shape index (κ2) is 4.79. The molecule has 1 heterocycles. The Kier molecular flexibility index (Phi) is 3.33. The fraction of sp³-hybridized carbons (Fsp3) is 0.0769. The van der Waals surface area contributed by atoms with Gasteiger partial charge in [-0.2, -0.15) is 17.6 Å². The minimum atomic E-state index is -4.56. The number of aldehydes is 1. The molecule has 19 heavy (non-hydrogen) atoms. The molecular weight excluding hydrogens is 262 g/mol. The number of aromatic nitrogens is 1. The quantitative estimate of drug-likeness (QED) is 0.472. The Balaban J connectivity index is 2.69. The summed E-state index contributed by atoms with van der Waals surface area (Å²) in [6, 6.07) is 6.77. The van der Waals surface area contributed by atoms with E-state index in [1.165, 1.54) is 18.2 Å². The Morgan fingerprint density at radius 1 is 1.00 bits per heavy atom. The molecule has 2 aromatic rings. The first-order valence-corrected chi connectivity index (χ1v) is 5.22. The predicted molar refractivity (Wildman–Crippen MR) is 60.0 cm³/mol. The zero-order chi connectivity index (χ0) is 14.0. The number of rotatable bonds is 2. The van der Waals surface area contributed by atoms with E-state index in [0.717, 1.165) is 18.2 Å². The van der Waals surface area contributed by atoms with Crippen LogP contribution < -0.4 is 0 Å². The van der Waals surface area contributed by atoms with Gasteiger partial charge in [0.05, 0.1) is 5.56 Å². The van der Waals surface area contributed by atoms with Crippen molar-refractivity contribution in [1.82, 2.24) is 4.98 Å². The molecule has 0 aliphatic heterocycles. The predicted octanol–water partition coefficient (Wildman–Crippen LogP) is 3.72. The van der Waals surface area contributed by atoms with E-state index in [-0.39, 0.29) is 23.1 Å². The highest BCUT2D eigenvalue weighted by Crippen LogP contribution is 2.37. The molecular formula is C13H7F4NO. The molecule has 98 valence electrons. The Labute approximate surface area is 105 Å². The van der Waals surface area contributed by atoms with Gasteiger partial charge in [-0.15, -0.1) is 0 Å². The van der Waals surface area contributed by atoms with Crippen molar-refractivity contribution >= 4 is 6.29 Å². The van der Waals surface area contributed by atoms with E-state index in [0.29, 0.717) is 0 Å². The molecule has 0 spiro atoms. The van der Waals surface area contributed by atoms with E-state index in [2.05, 4.69) is 4.98 Å². The van der Waals surface area contributed by atoms with E-state index in [1.807, 2.05) is 0 Å². The zero-order valence-corrected chi connectivity index (χ0v) is 9.41. The van der Waals surface area contributed by atoms with Crippen molar-refractivity contribution in [2.75, 3.05) is 0 Å². The summed E-state index contributed by atoms with van der Waals surface area (Å²) in [7, 11) is 0. The highest BCUT2D eigenvalue weighted by molar-refractivity contribution is 5.86. The summed E-state index contributed by atoms with van der Waals surface area (Å²) < 4.78 is 51.5. The average Bonchev–Trinajstić information content (AvgIpc) is 2.37. The van der Waals surface area contributed by atoms with Crippen molar-refractivity contribution < 1.29 is 22.4 Å². The van der Waals surface area contributed by atoms with Crippen molar-refractivity contribution in [3.05, 3.63) is 53.6 Å². The van der Waals surface area contributed by atoms with E-state index in [4.69, 9.17) is 0 Å². The van der Waals surface area contributed by atoms with Crippen LogP contribution in [0.2, 0.25) is 0 Å². The van der Waals surface area contributed by atoms with E-state index < -0.39 is 17.7 Å². The van der Waals surface area contributed by atoms with Crippen molar-refractivity contribution in [3.63, 3.8) is 0 Å². The fourth-order valence-corrected chi connectivity index (χ4v) is 1.73. The summed E-state index contributed by atoms with van der Waals surface area (Å²) in [6.07, 6.45) is -4.34. The second-order valence-corrected chi connectivity index (χ2v) is 3.73. The van der Waals surface area contributed by atoms with Gasteiger partial charge in [-0.25, -0.2) is 4.98 Å². The van der Waals surface area contributed by atoms with Crippen molar-refractivity contribution in [2.45, 2.75) is 6.18 Å². The van der Waals surface area contributed by atoms with Crippen LogP contribution in [0.1, 0.15) is 16.1 Å². The lowest BCUT2D eigenvalue weighted by molar-refractivity contribution is -0.137. The van der Waals surface area contributed by atoms with Gasteiger partial charge in [-0.3, -0.25) is 4.79 Å². The molecule has 2 nitrogen and oxygen atoms in total. The van der Waals surface area contributed by atoms with Crippen LogP contribution in [0.4, 0.5) is 17.6 Å². The lowest BCUT2D eigenvalue weighted by atomic mass is 9.98. The van der Waals surface area contributed by atoms with Crippen LogP contribution in [0.3, 0.4) is 0 Å².